The standard InChI is InChI=1S/C15H20N4O/c16-7-12-15(17-14-3-1-2-6-19(12)14)18-8-10-4-5-13(20)11(10)9-18/h1-3,6,10-11,13,20H,4-5,7-9,16H2. The lowest BCUT2D eigenvalue weighted by Crippen LogP contribution is -2.26. The predicted octanol–water partition coefficient (Wildman–Crippen LogP) is 1.00. The third kappa shape index (κ3) is 1.66. The summed E-state index contributed by atoms with van der Waals surface area (Å²) >= 11 is 0. The maximum atomic E-state index is 10.1. The molecule has 1 aliphatic carbocycles. The number of aromatic nitrogens is 2. The minimum atomic E-state index is -0.136. The maximum Gasteiger partial charge on any atom is 0.152 e. The number of rotatable bonds is 2. The van der Waals surface area contributed by atoms with E-state index in [-0.39, 0.29) is 6.10 Å². The van der Waals surface area contributed by atoms with E-state index in [9.17, 15) is 5.11 Å². The van der Waals surface area contributed by atoms with Crippen LogP contribution in [0.1, 0.15) is 18.5 Å². The highest BCUT2D eigenvalue weighted by Gasteiger charge is 2.42. The molecule has 2 aromatic heterocycles. The highest BCUT2D eigenvalue weighted by atomic mass is 16.3. The lowest BCUT2D eigenvalue weighted by molar-refractivity contribution is 0.133. The highest BCUT2D eigenvalue weighted by Crippen LogP contribution is 2.40. The van der Waals surface area contributed by atoms with Crippen LogP contribution in [0.5, 0.6) is 0 Å². The molecule has 2 aromatic rings. The molecular formula is C15H20N4O. The van der Waals surface area contributed by atoms with E-state index in [1.165, 1.54) is 0 Å². The first-order chi connectivity index (χ1) is 9.78. The van der Waals surface area contributed by atoms with Crippen molar-refractivity contribution in [2.24, 2.45) is 17.6 Å². The van der Waals surface area contributed by atoms with Gasteiger partial charge in [0.15, 0.2) is 5.82 Å². The first-order valence-electron chi connectivity index (χ1n) is 7.37. The lowest BCUT2D eigenvalue weighted by atomic mass is 10.00. The van der Waals surface area contributed by atoms with E-state index in [4.69, 9.17) is 10.7 Å². The van der Waals surface area contributed by atoms with E-state index in [1.54, 1.807) is 0 Å². The number of aliphatic hydroxyl groups is 1. The van der Waals surface area contributed by atoms with Crippen LogP contribution >= 0.6 is 0 Å². The molecule has 4 rings (SSSR count). The zero-order valence-corrected chi connectivity index (χ0v) is 11.4. The van der Waals surface area contributed by atoms with Gasteiger partial charge in [-0.15, -0.1) is 0 Å². The molecule has 1 aliphatic heterocycles. The van der Waals surface area contributed by atoms with Gasteiger partial charge in [0.05, 0.1) is 11.8 Å². The van der Waals surface area contributed by atoms with Gasteiger partial charge in [0.1, 0.15) is 5.65 Å². The van der Waals surface area contributed by atoms with Gasteiger partial charge in [-0.3, -0.25) is 0 Å². The van der Waals surface area contributed by atoms with Crippen molar-refractivity contribution in [3.05, 3.63) is 30.1 Å². The van der Waals surface area contributed by atoms with Crippen molar-refractivity contribution in [3.63, 3.8) is 0 Å². The summed E-state index contributed by atoms with van der Waals surface area (Å²) in [5.74, 6) is 2.02. The molecule has 0 radical (unpaired) electrons. The van der Waals surface area contributed by atoms with E-state index < -0.39 is 0 Å². The van der Waals surface area contributed by atoms with Gasteiger partial charge in [-0.2, -0.15) is 0 Å². The number of nitrogens with zero attached hydrogens (tertiary/aromatic N) is 3. The summed E-state index contributed by atoms with van der Waals surface area (Å²) in [6.45, 7) is 2.39. The Morgan fingerprint density at radius 1 is 1.30 bits per heavy atom. The molecule has 106 valence electrons. The normalized spacial score (nSPS) is 29.3. The van der Waals surface area contributed by atoms with Crippen LogP contribution in [0.2, 0.25) is 0 Å². The summed E-state index contributed by atoms with van der Waals surface area (Å²) in [6, 6.07) is 6.00. The molecule has 5 nitrogen and oxygen atoms in total. The van der Waals surface area contributed by atoms with Crippen molar-refractivity contribution in [2.45, 2.75) is 25.5 Å². The van der Waals surface area contributed by atoms with Gasteiger partial charge in [-0.05, 0) is 30.9 Å². The molecular weight excluding hydrogens is 252 g/mol. The summed E-state index contributed by atoms with van der Waals surface area (Å²) in [7, 11) is 0. The van der Waals surface area contributed by atoms with Gasteiger partial charge in [-0.25, -0.2) is 4.98 Å². The van der Waals surface area contributed by atoms with Crippen LogP contribution in [-0.2, 0) is 6.54 Å². The quantitative estimate of drug-likeness (QED) is 0.856. The van der Waals surface area contributed by atoms with Gasteiger partial charge in [0, 0.05) is 31.7 Å². The molecule has 3 atom stereocenters. The van der Waals surface area contributed by atoms with E-state index in [2.05, 4.69) is 9.30 Å². The molecule has 1 saturated carbocycles. The average Bonchev–Trinajstić information content (AvgIpc) is 3.12. The summed E-state index contributed by atoms with van der Waals surface area (Å²) in [6.07, 6.45) is 3.97. The number of pyridine rings is 1. The van der Waals surface area contributed by atoms with Crippen molar-refractivity contribution in [3.8, 4) is 0 Å². The van der Waals surface area contributed by atoms with Gasteiger partial charge >= 0.3 is 0 Å². The number of imidazole rings is 1. The Balaban J connectivity index is 1.72. The van der Waals surface area contributed by atoms with E-state index in [1.807, 2.05) is 24.4 Å². The molecule has 2 aliphatic rings. The average molecular weight is 272 g/mol. The molecule has 1 saturated heterocycles. The summed E-state index contributed by atoms with van der Waals surface area (Å²) in [5.41, 5.74) is 7.94. The van der Waals surface area contributed by atoms with E-state index in [0.717, 1.165) is 43.1 Å². The zero-order valence-electron chi connectivity index (χ0n) is 11.4. The Morgan fingerprint density at radius 3 is 3.00 bits per heavy atom. The minimum absolute atomic E-state index is 0.136. The summed E-state index contributed by atoms with van der Waals surface area (Å²) < 4.78 is 2.07. The molecule has 3 N–H and O–H groups in total. The van der Waals surface area contributed by atoms with E-state index in [0.29, 0.717) is 18.4 Å². The first kappa shape index (κ1) is 12.2. The number of hydrogen-bond acceptors (Lipinski definition) is 4. The number of anilines is 1. The van der Waals surface area contributed by atoms with Crippen molar-refractivity contribution >= 4 is 11.5 Å². The van der Waals surface area contributed by atoms with Crippen LogP contribution in [0.4, 0.5) is 5.82 Å². The molecule has 0 spiro atoms. The van der Waals surface area contributed by atoms with Gasteiger partial charge in [0.25, 0.3) is 0 Å². The Kier molecular flexibility index (Phi) is 2.72. The molecule has 3 unspecified atom stereocenters. The van der Waals surface area contributed by atoms with Crippen LogP contribution < -0.4 is 10.6 Å². The van der Waals surface area contributed by atoms with Gasteiger partial charge in [0.2, 0.25) is 0 Å². The Hall–Kier alpha value is -1.59. The molecule has 0 aromatic carbocycles. The second-order valence-electron chi connectivity index (χ2n) is 5.99. The highest BCUT2D eigenvalue weighted by molar-refractivity contribution is 5.56. The van der Waals surface area contributed by atoms with Crippen LogP contribution in [0.3, 0.4) is 0 Å². The zero-order chi connectivity index (χ0) is 13.7. The SMILES string of the molecule is NCc1c(N2CC3CCC(O)C3C2)nc2ccccn12. The minimum Gasteiger partial charge on any atom is -0.393 e. The molecule has 3 heterocycles. The van der Waals surface area contributed by atoms with Crippen molar-refractivity contribution < 1.29 is 5.11 Å². The van der Waals surface area contributed by atoms with Crippen LogP contribution in [0.15, 0.2) is 24.4 Å². The van der Waals surface area contributed by atoms with Gasteiger partial charge < -0.3 is 20.1 Å². The fraction of sp³-hybridized carbons (Fsp3) is 0.533. The first-order valence-corrected chi connectivity index (χ1v) is 7.37. The fourth-order valence-electron chi connectivity index (χ4n) is 3.89. The Labute approximate surface area is 118 Å². The smallest absolute Gasteiger partial charge is 0.152 e. The largest absolute Gasteiger partial charge is 0.393 e. The molecule has 20 heavy (non-hydrogen) atoms. The molecule has 2 fully saturated rings. The number of nitrogens with two attached hydrogens (primary N) is 1. The predicted molar refractivity (Wildman–Crippen MR) is 77.5 cm³/mol. The third-order valence-electron chi connectivity index (χ3n) is 4.92. The van der Waals surface area contributed by atoms with E-state index >= 15 is 0 Å². The third-order valence-corrected chi connectivity index (χ3v) is 4.92. The molecule has 0 amide bonds. The second kappa shape index (κ2) is 4.46. The van der Waals surface area contributed by atoms with Crippen molar-refractivity contribution in [1.29, 1.82) is 0 Å². The number of fused-ring (bicyclic) bond motifs is 2. The van der Waals surface area contributed by atoms with Crippen molar-refractivity contribution in [1.82, 2.24) is 9.38 Å². The maximum absolute atomic E-state index is 10.1. The van der Waals surface area contributed by atoms with Crippen LogP contribution in [0, 0.1) is 11.8 Å². The van der Waals surface area contributed by atoms with Crippen molar-refractivity contribution in [2.75, 3.05) is 18.0 Å². The second-order valence-corrected chi connectivity index (χ2v) is 5.99. The van der Waals surface area contributed by atoms with Crippen LogP contribution in [0.25, 0.3) is 5.65 Å². The summed E-state index contributed by atoms with van der Waals surface area (Å²) in [5, 5.41) is 10.1. The number of aliphatic hydroxyl groups excluding tert-OH is 1. The number of hydrogen-bond donors (Lipinski definition) is 2. The topological polar surface area (TPSA) is 66.8 Å². The molecule has 0 bridgehead atoms. The fourth-order valence-corrected chi connectivity index (χ4v) is 3.89. The van der Waals surface area contributed by atoms with Crippen LogP contribution in [-0.4, -0.2) is 33.7 Å². The Morgan fingerprint density at radius 2 is 2.20 bits per heavy atom. The lowest BCUT2D eigenvalue weighted by Gasteiger charge is -2.19. The Bertz CT molecular complexity index is 638. The molecule has 5 heteroatoms. The van der Waals surface area contributed by atoms with Gasteiger partial charge in [-0.1, -0.05) is 6.07 Å². The summed E-state index contributed by atoms with van der Waals surface area (Å²) in [4.78, 5) is 7.06. The monoisotopic (exact) mass is 272 g/mol.